The van der Waals surface area contributed by atoms with Crippen LogP contribution in [-0.2, 0) is 0 Å². The lowest BCUT2D eigenvalue weighted by atomic mass is 9.88. The normalized spacial score (nSPS) is 12.7. The smallest absolute Gasteiger partial charge is 0.149 e. The van der Waals surface area contributed by atoms with Crippen LogP contribution in [0, 0.1) is 17.8 Å². The lowest BCUT2D eigenvalue weighted by Crippen LogP contribution is -2.50. The zero-order valence-corrected chi connectivity index (χ0v) is 38.9. The van der Waals surface area contributed by atoms with Gasteiger partial charge in [-0.2, -0.15) is 0 Å². The maximum Gasteiger partial charge on any atom is 0.149 e. The molecule has 3 nitrogen and oxygen atoms in total. The second-order valence-corrected chi connectivity index (χ2v) is 24.2. The molecule has 0 aliphatic rings. The number of furan rings is 1. The van der Waals surface area contributed by atoms with Crippen LogP contribution in [0.2, 0.25) is 18.1 Å². The van der Waals surface area contributed by atoms with Gasteiger partial charge in [-0.05, 0) is 116 Å². The van der Waals surface area contributed by atoms with Gasteiger partial charge in [0.2, 0.25) is 0 Å². The highest BCUT2D eigenvalue weighted by atomic mass is 28.3. The van der Waals surface area contributed by atoms with E-state index >= 15 is 0 Å². The van der Waals surface area contributed by atoms with Crippen molar-refractivity contribution in [1.29, 1.82) is 0 Å². The molecule has 0 saturated carbocycles. The number of hydrogen-bond acceptors (Lipinski definition) is 2. The van der Waals surface area contributed by atoms with E-state index < -0.39 is 8.07 Å². The molecule has 0 saturated heterocycles. The Kier molecular flexibility index (Phi) is 10.8. The molecule has 0 spiro atoms. The van der Waals surface area contributed by atoms with Gasteiger partial charge in [0.1, 0.15) is 17.0 Å². The first-order valence-corrected chi connectivity index (χ1v) is 25.5. The van der Waals surface area contributed by atoms with Gasteiger partial charge in [-0.3, -0.25) is 4.57 Å². The molecule has 0 unspecified atom stereocenters. The van der Waals surface area contributed by atoms with Crippen LogP contribution in [0.5, 0.6) is 0 Å². The Morgan fingerprint density at radius 3 is 1.79 bits per heavy atom. The van der Waals surface area contributed by atoms with Crippen molar-refractivity contribution in [3.8, 4) is 28.2 Å². The summed E-state index contributed by atoms with van der Waals surface area (Å²) in [6.45, 7) is 23.9. The highest BCUT2D eigenvalue weighted by molar-refractivity contribution is 6.92. The number of rotatable bonds is 12. The van der Waals surface area contributed by atoms with Crippen molar-refractivity contribution in [2.24, 2.45) is 17.8 Å². The summed E-state index contributed by atoms with van der Waals surface area (Å²) in [5.74, 6) is 3.54. The third-order valence-corrected chi connectivity index (χ3v) is 19.4. The second-order valence-electron chi connectivity index (χ2n) is 19.9. The average Bonchev–Trinajstić information content (AvgIpc) is 3.79. The van der Waals surface area contributed by atoms with E-state index in [4.69, 9.17) is 9.40 Å². The predicted molar refractivity (Wildman–Crippen MR) is 267 cm³/mol. The second kappa shape index (κ2) is 16.1. The lowest BCUT2D eigenvalue weighted by molar-refractivity contribution is 0.649. The van der Waals surface area contributed by atoms with Gasteiger partial charge in [0, 0.05) is 10.8 Å². The molecule has 9 rings (SSSR count). The quantitative estimate of drug-likeness (QED) is 0.0908. The van der Waals surface area contributed by atoms with Crippen LogP contribution in [0.15, 0.2) is 132 Å². The van der Waals surface area contributed by atoms with Gasteiger partial charge in [0.25, 0.3) is 0 Å². The first-order chi connectivity index (χ1) is 29.3. The number of benzene rings is 7. The first-order valence-electron chi connectivity index (χ1n) is 22.9. The Morgan fingerprint density at radius 2 is 1.13 bits per heavy atom. The summed E-state index contributed by atoms with van der Waals surface area (Å²) >= 11 is 0. The van der Waals surface area contributed by atoms with E-state index in [0.717, 1.165) is 44.4 Å². The number of para-hydroxylation sites is 3. The monoisotopic (exact) mass is 818 g/mol. The maximum atomic E-state index is 6.96. The van der Waals surface area contributed by atoms with Crippen LogP contribution in [0.25, 0.3) is 82.7 Å². The Bertz CT molecular complexity index is 2990. The van der Waals surface area contributed by atoms with Gasteiger partial charge >= 0.3 is 0 Å². The number of fused-ring (bicyclic) bond motifs is 7. The van der Waals surface area contributed by atoms with E-state index in [1.807, 2.05) is 0 Å². The van der Waals surface area contributed by atoms with Crippen molar-refractivity contribution < 1.29 is 4.42 Å². The minimum Gasteiger partial charge on any atom is -0.455 e. The number of imidazole rings is 1. The molecule has 0 fully saturated rings. The largest absolute Gasteiger partial charge is 0.455 e. The molecule has 0 aliphatic carbocycles. The Hall–Kier alpha value is -5.45. The van der Waals surface area contributed by atoms with Crippen LogP contribution < -0.4 is 5.19 Å². The zero-order valence-electron chi connectivity index (χ0n) is 37.9. The predicted octanol–water partition coefficient (Wildman–Crippen LogP) is 16.4. The summed E-state index contributed by atoms with van der Waals surface area (Å²) < 4.78 is 9.41. The minimum atomic E-state index is -1.73. The third-order valence-electron chi connectivity index (χ3n) is 13.0. The Labute approximate surface area is 363 Å². The first kappa shape index (κ1) is 40.9. The van der Waals surface area contributed by atoms with Crippen LogP contribution in [-0.4, -0.2) is 17.6 Å². The van der Waals surface area contributed by atoms with Gasteiger partial charge < -0.3 is 4.42 Å². The van der Waals surface area contributed by atoms with Crippen molar-refractivity contribution in [3.05, 3.63) is 139 Å². The molecule has 0 aliphatic heterocycles. The van der Waals surface area contributed by atoms with Gasteiger partial charge in [-0.1, -0.05) is 177 Å². The zero-order chi connectivity index (χ0) is 42.7. The Balaban J connectivity index is 1.23. The van der Waals surface area contributed by atoms with Crippen molar-refractivity contribution in [3.63, 3.8) is 0 Å². The number of aromatic nitrogens is 2. The SMILES string of the molecule is CC(C)C[Si](CC(C)C)(CC(C)C)c1ccc(-c2cc(C(C)C)c(-n3c(-c4cccc5c4oc4cc6c(ccc7ccccc76)cc45)nc4ccccc43)c(C(C)C)c2)cc1. The molecule has 0 radical (unpaired) electrons. The van der Waals surface area contributed by atoms with E-state index in [1.165, 1.54) is 67.6 Å². The molecule has 0 amide bonds. The van der Waals surface area contributed by atoms with Crippen LogP contribution in [0.4, 0.5) is 0 Å². The highest BCUT2D eigenvalue weighted by Crippen LogP contribution is 2.44. The lowest BCUT2D eigenvalue weighted by Gasteiger charge is -2.37. The van der Waals surface area contributed by atoms with E-state index in [2.05, 4.69) is 201 Å². The molecular formula is C57H62N2OSi. The summed E-state index contributed by atoms with van der Waals surface area (Å²) in [6, 6.07) is 51.7. The van der Waals surface area contributed by atoms with Gasteiger partial charge in [0.15, 0.2) is 0 Å². The summed E-state index contributed by atoms with van der Waals surface area (Å²) in [7, 11) is -1.73. The fourth-order valence-corrected chi connectivity index (χ4v) is 17.6. The highest BCUT2D eigenvalue weighted by Gasteiger charge is 2.37. The van der Waals surface area contributed by atoms with E-state index in [0.29, 0.717) is 17.8 Å². The molecule has 2 heterocycles. The molecule has 0 N–H and O–H groups in total. The van der Waals surface area contributed by atoms with Crippen LogP contribution >= 0.6 is 0 Å². The third kappa shape index (κ3) is 7.41. The van der Waals surface area contributed by atoms with Crippen LogP contribution in [0.3, 0.4) is 0 Å². The molecule has 0 bridgehead atoms. The minimum absolute atomic E-state index is 0.271. The average molecular weight is 819 g/mol. The topological polar surface area (TPSA) is 31.0 Å². The summed E-state index contributed by atoms with van der Waals surface area (Å²) in [6.07, 6.45) is 0. The summed E-state index contributed by atoms with van der Waals surface area (Å²) in [5.41, 5.74) is 11.3. The van der Waals surface area contributed by atoms with E-state index in [9.17, 15) is 0 Å². The molecule has 7 aromatic carbocycles. The van der Waals surface area contributed by atoms with Crippen LogP contribution in [0.1, 0.15) is 92.2 Å². The standard InChI is InChI=1S/C57H62N2OSi/c1-35(2)32-61(33-36(3)4,34-37(5)6)44-26-24-40(25-27-44)43-29-48(38(7)8)55(49(30-43)39(9)10)59-53-21-14-13-20-52(53)58-57(59)47-19-15-18-46-51-28-42-23-22-41-16-11-12-17-45(41)50(42)31-54(51)60-56(46)47/h11-31,35-39H,32-34H2,1-10H3. The van der Waals surface area contributed by atoms with E-state index in [-0.39, 0.29) is 11.8 Å². The van der Waals surface area contributed by atoms with Crippen molar-refractivity contribution in [1.82, 2.24) is 9.55 Å². The Morgan fingerprint density at radius 1 is 0.525 bits per heavy atom. The van der Waals surface area contributed by atoms with Crippen molar-refractivity contribution in [2.75, 3.05) is 0 Å². The molecule has 9 aromatic rings. The van der Waals surface area contributed by atoms with Crippen molar-refractivity contribution in [2.45, 2.75) is 99.2 Å². The summed E-state index contributed by atoms with van der Waals surface area (Å²) in [4.78, 5) is 5.46. The molecular weight excluding hydrogens is 757 g/mol. The molecule has 4 heteroatoms. The summed E-state index contributed by atoms with van der Waals surface area (Å²) in [5, 5.41) is 8.76. The van der Waals surface area contributed by atoms with Crippen molar-refractivity contribution >= 4 is 67.8 Å². The van der Waals surface area contributed by atoms with E-state index in [1.54, 1.807) is 5.19 Å². The van der Waals surface area contributed by atoms with Gasteiger partial charge in [-0.25, -0.2) is 4.98 Å². The molecule has 310 valence electrons. The maximum absolute atomic E-state index is 6.96. The molecule has 0 atom stereocenters. The molecule has 61 heavy (non-hydrogen) atoms. The fraction of sp³-hybridized carbons (Fsp3) is 0.316. The number of hydrogen-bond donors (Lipinski definition) is 0. The fourth-order valence-electron chi connectivity index (χ4n) is 10.9. The molecule has 2 aromatic heterocycles. The number of nitrogens with zero attached hydrogens (tertiary/aromatic N) is 2. The van der Waals surface area contributed by atoms with Gasteiger partial charge in [-0.15, -0.1) is 0 Å². The van der Waals surface area contributed by atoms with Gasteiger partial charge in [0.05, 0.1) is 30.4 Å².